The molecule has 3 aromatic rings. The molecule has 4 rings (SSSR count). The van der Waals surface area contributed by atoms with Gasteiger partial charge in [-0.2, -0.15) is 5.10 Å². The molecule has 1 amide bonds. The summed E-state index contributed by atoms with van der Waals surface area (Å²) in [6.07, 6.45) is 3.98. The molecule has 156 valence electrons. The molecule has 30 heavy (non-hydrogen) atoms. The lowest BCUT2D eigenvalue weighted by molar-refractivity contribution is -0.127. The van der Waals surface area contributed by atoms with Crippen molar-refractivity contribution < 1.29 is 14.6 Å². The van der Waals surface area contributed by atoms with E-state index in [4.69, 9.17) is 4.74 Å². The second-order valence-electron chi connectivity index (χ2n) is 7.73. The van der Waals surface area contributed by atoms with Gasteiger partial charge in [0, 0.05) is 31.3 Å². The van der Waals surface area contributed by atoms with Gasteiger partial charge in [0.2, 0.25) is 5.91 Å². The summed E-state index contributed by atoms with van der Waals surface area (Å²) >= 11 is 0. The lowest BCUT2D eigenvalue weighted by atomic mass is 9.96. The van der Waals surface area contributed by atoms with E-state index < -0.39 is 6.10 Å². The van der Waals surface area contributed by atoms with Crippen LogP contribution in [0.2, 0.25) is 0 Å². The Morgan fingerprint density at radius 2 is 1.83 bits per heavy atom. The van der Waals surface area contributed by atoms with Crippen LogP contribution in [0.25, 0.3) is 0 Å². The first kappa shape index (κ1) is 20.3. The zero-order valence-corrected chi connectivity index (χ0v) is 16.9. The summed E-state index contributed by atoms with van der Waals surface area (Å²) in [4.78, 5) is 12.8. The zero-order valence-electron chi connectivity index (χ0n) is 16.9. The molecule has 1 fully saturated rings. The summed E-state index contributed by atoms with van der Waals surface area (Å²) in [7, 11) is 0. The summed E-state index contributed by atoms with van der Waals surface area (Å²) in [6, 6.07) is 19.9. The standard InChI is InChI=1S/C24H27N3O3/c28-21(13-18-7-3-1-4-8-18)15-25-24(29)22-11-12-30-23(22)20-14-26-27(17-20)16-19-9-5-2-6-10-19/h1-10,14,17,21-23,28H,11-13,15-16H2,(H,25,29)/t21-,22-,23+/m0/s1. The van der Waals surface area contributed by atoms with Crippen LogP contribution < -0.4 is 5.32 Å². The van der Waals surface area contributed by atoms with Crippen molar-refractivity contribution in [3.05, 3.63) is 89.7 Å². The minimum Gasteiger partial charge on any atom is -0.391 e. The van der Waals surface area contributed by atoms with Gasteiger partial charge in [0.1, 0.15) is 0 Å². The molecule has 1 aromatic heterocycles. The van der Waals surface area contributed by atoms with Gasteiger partial charge in [-0.1, -0.05) is 60.7 Å². The molecule has 0 aliphatic carbocycles. The van der Waals surface area contributed by atoms with Crippen molar-refractivity contribution in [2.45, 2.75) is 31.6 Å². The third-order valence-corrected chi connectivity index (χ3v) is 5.42. The van der Waals surface area contributed by atoms with Crippen molar-refractivity contribution >= 4 is 5.91 Å². The molecule has 2 heterocycles. The number of aliphatic hydroxyl groups excluding tert-OH is 1. The van der Waals surface area contributed by atoms with Crippen LogP contribution in [0.1, 0.15) is 29.2 Å². The van der Waals surface area contributed by atoms with E-state index in [1.54, 1.807) is 6.20 Å². The molecule has 6 nitrogen and oxygen atoms in total. The third kappa shape index (κ3) is 5.14. The second-order valence-corrected chi connectivity index (χ2v) is 7.73. The number of nitrogens with one attached hydrogen (secondary N) is 1. The largest absolute Gasteiger partial charge is 0.391 e. The number of rotatable bonds is 8. The number of carbonyl (C=O) groups excluding carboxylic acids is 1. The highest BCUT2D eigenvalue weighted by Gasteiger charge is 2.36. The van der Waals surface area contributed by atoms with Crippen LogP contribution in [0, 0.1) is 5.92 Å². The molecule has 2 aromatic carbocycles. The molecule has 2 N–H and O–H groups in total. The first-order valence-corrected chi connectivity index (χ1v) is 10.4. The summed E-state index contributed by atoms with van der Waals surface area (Å²) in [5, 5.41) is 17.6. The summed E-state index contributed by atoms with van der Waals surface area (Å²) in [5.41, 5.74) is 3.13. The first-order valence-electron chi connectivity index (χ1n) is 10.4. The van der Waals surface area contributed by atoms with Crippen molar-refractivity contribution in [3.8, 4) is 0 Å². The van der Waals surface area contributed by atoms with Crippen LogP contribution in [-0.4, -0.2) is 40.0 Å². The molecule has 0 radical (unpaired) electrons. The Kier molecular flexibility index (Phi) is 6.57. The minimum atomic E-state index is -0.620. The summed E-state index contributed by atoms with van der Waals surface area (Å²) < 4.78 is 7.73. The highest BCUT2D eigenvalue weighted by atomic mass is 16.5. The smallest absolute Gasteiger partial charge is 0.226 e. The predicted molar refractivity (Wildman–Crippen MR) is 114 cm³/mol. The van der Waals surface area contributed by atoms with Gasteiger partial charge >= 0.3 is 0 Å². The maximum Gasteiger partial charge on any atom is 0.226 e. The van der Waals surface area contributed by atoms with Gasteiger partial charge in [-0.3, -0.25) is 9.48 Å². The van der Waals surface area contributed by atoms with E-state index >= 15 is 0 Å². The maximum absolute atomic E-state index is 12.8. The van der Waals surface area contributed by atoms with Crippen molar-refractivity contribution in [2.24, 2.45) is 5.92 Å². The summed E-state index contributed by atoms with van der Waals surface area (Å²) in [6.45, 7) is 1.44. The molecule has 0 bridgehead atoms. The van der Waals surface area contributed by atoms with Crippen LogP contribution in [0.5, 0.6) is 0 Å². The van der Waals surface area contributed by atoms with Crippen molar-refractivity contribution in [1.82, 2.24) is 15.1 Å². The first-order chi connectivity index (χ1) is 14.7. The lowest BCUT2D eigenvalue weighted by Gasteiger charge is -2.18. The molecule has 0 spiro atoms. The van der Waals surface area contributed by atoms with E-state index in [1.165, 1.54) is 5.56 Å². The van der Waals surface area contributed by atoms with Gasteiger partial charge in [0.15, 0.2) is 0 Å². The van der Waals surface area contributed by atoms with Crippen LogP contribution in [-0.2, 0) is 22.5 Å². The minimum absolute atomic E-state index is 0.0829. The summed E-state index contributed by atoms with van der Waals surface area (Å²) in [5.74, 6) is -0.358. The Balaban J connectivity index is 1.32. The topological polar surface area (TPSA) is 76.4 Å². The van der Waals surface area contributed by atoms with Crippen molar-refractivity contribution in [3.63, 3.8) is 0 Å². The number of nitrogens with zero attached hydrogens (tertiary/aromatic N) is 2. The van der Waals surface area contributed by atoms with E-state index in [9.17, 15) is 9.90 Å². The quantitative estimate of drug-likeness (QED) is 0.604. The molecular weight excluding hydrogens is 378 g/mol. The average molecular weight is 405 g/mol. The number of hydrogen-bond acceptors (Lipinski definition) is 4. The zero-order chi connectivity index (χ0) is 20.8. The lowest BCUT2D eigenvalue weighted by Crippen LogP contribution is -2.38. The van der Waals surface area contributed by atoms with Gasteiger partial charge in [-0.05, 0) is 17.5 Å². The molecule has 3 atom stereocenters. The maximum atomic E-state index is 12.8. The Hall–Kier alpha value is -2.96. The number of carbonyl (C=O) groups is 1. The monoisotopic (exact) mass is 405 g/mol. The number of hydrogen-bond donors (Lipinski definition) is 2. The average Bonchev–Trinajstić information content (AvgIpc) is 3.43. The highest BCUT2D eigenvalue weighted by molar-refractivity contribution is 5.79. The Morgan fingerprint density at radius 1 is 1.13 bits per heavy atom. The highest BCUT2D eigenvalue weighted by Crippen LogP contribution is 2.34. The van der Waals surface area contributed by atoms with Gasteiger partial charge in [-0.25, -0.2) is 0 Å². The Labute approximate surface area is 176 Å². The van der Waals surface area contributed by atoms with E-state index in [1.807, 2.05) is 59.4 Å². The second kappa shape index (κ2) is 9.69. The molecule has 1 aliphatic rings. The van der Waals surface area contributed by atoms with E-state index in [2.05, 4.69) is 22.5 Å². The third-order valence-electron chi connectivity index (χ3n) is 5.42. The van der Waals surface area contributed by atoms with E-state index in [0.29, 0.717) is 26.0 Å². The van der Waals surface area contributed by atoms with Crippen molar-refractivity contribution in [2.75, 3.05) is 13.2 Å². The number of benzene rings is 2. The Morgan fingerprint density at radius 3 is 2.57 bits per heavy atom. The fourth-order valence-electron chi connectivity index (χ4n) is 3.88. The number of aliphatic hydroxyl groups is 1. The predicted octanol–water partition coefficient (Wildman–Crippen LogP) is 2.73. The van der Waals surface area contributed by atoms with Crippen LogP contribution in [0.3, 0.4) is 0 Å². The van der Waals surface area contributed by atoms with Crippen molar-refractivity contribution in [1.29, 1.82) is 0 Å². The molecular formula is C24H27N3O3. The van der Waals surface area contributed by atoms with Gasteiger partial charge in [0.25, 0.3) is 0 Å². The van der Waals surface area contributed by atoms with Crippen LogP contribution >= 0.6 is 0 Å². The van der Waals surface area contributed by atoms with E-state index in [0.717, 1.165) is 11.1 Å². The normalized spacial score (nSPS) is 19.5. The number of aromatic nitrogens is 2. The molecule has 1 aliphatic heterocycles. The molecule has 6 heteroatoms. The van der Waals surface area contributed by atoms with Crippen LogP contribution in [0.4, 0.5) is 0 Å². The van der Waals surface area contributed by atoms with Crippen LogP contribution in [0.15, 0.2) is 73.1 Å². The molecule has 0 saturated carbocycles. The van der Waals surface area contributed by atoms with Gasteiger partial charge in [0.05, 0.1) is 30.9 Å². The van der Waals surface area contributed by atoms with E-state index in [-0.39, 0.29) is 24.5 Å². The number of amides is 1. The van der Waals surface area contributed by atoms with Gasteiger partial charge in [-0.15, -0.1) is 0 Å². The van der Waals surface area contributed by atoms with Gasteiger partial charge < -0.3 is 15.2 Å². The fraction of sp³-hybridized carbons (Fsp3) is 0.333. The molecule has 1 saturated heterocycles. The molecule has 0 unspecified atom stereocenters. The fourth-order valence-corrected chi connectivity index (χ4v) is 3.88. The SMILES string of the molecule is O=C(NC[C@@H](O)Cc1ccccc1)[C@H]1CCO[C@@H]1c1cnn(Cc2ccccc2)c1. The Bertz CT molecular complexity index is 943. The number of ether oxygens (including phenoxy) is 1.